The zero-order valence-corrected chi connectivity index (χ0v) is 18.2. The van der Waals surface area contributed by atoms with E-state index in [4.69, 9.17) is 10.5 Å². The number of nitrogen functional groups attached to an aromatic ring is 1. The average molecular weight is 484 g/mol. The van der Waals surface area contributed by atoms with Crippen LogP contribution in [0.15, 0.2) is 59.5 Å². The highest BCUT2D eigenvalue weighted by atomic mass is 19.4. The van der Waals surface area contributed by atoms with E-state index in [0.29, 0.717) is 41.0 Å². The summed E-state index contributed by atoms with van der Waals surface area (Å²) in [4.78, 5) is 21.2. The third kappa shape index (κ3) is 5.15. The van der Waals surface area contributed by atoms with E-state index in [-0.39, 0.29) is 22.7 Å². The number of fused-ring (bicyclic) bond motifs is 1. The highest BCUT2D eigenvalue weighted by molar-refractivity contribution is 5.83. The van der Waals surface area contributed by atoms with Crippen LogP contribution >= 0.6 is 0 Å². The molecule has 0 atom stereocenters. The maximum Gasteiger partial charge on any atom is 0.573 e. The minimum Gasteiger partial charge on any atom is -0.463 e. The van der Waals surface area contributed by atoms with Crippen LogP contribution in [0.2, 0.25) is 0 Å². The van der Waals surface area contributed by atoms with Crippen LogP contribution in [0, 0.1) is 5.41 Å². The molecule has 12 heteroatoms. The van der Waals surface area contributed by atoms with Crippen molar-refractivity contribution in [2.75, 3.05) is 12.3 Å². The molecular weight excluding hydrogens is 465 g/mol. The zero-order valence-electron chi connectivity index (χ0n) is 18.2. The Balaban J connectivity index is 1.36. The first kappa shape index (κ1) is 22.6. The third-order valence-corrected chi connectivity index (χ3v) is 5.75. The normalized spacial score (nSPS) is 14.6. The second-order valence-electron chi connectivity index (χ2n) is 8.41. The van der Waals surface area contributed by atoms with Crippen LogP contribution in [-0.4, -0.2) is 37.9 Å². The predicted octanol–water partition coefficient (Wildman–Crippen LogP) is 3.59. The Morgan fingerprint density at radius 1 is 1.06 bits per heavy atom. The molecule has 0 spiro atoms. The monoisotopic (exact) mass is 484 g/mol. The first-order valence-corrected chi connectivity index (χ1v) is 10.6. The first-order chi connectivity index (χ1) is 16.7. The van der Waals surface area contributed by atoms with E-state index >= 15 is 0 Å². The zero-order chi connectivity index (χ0) is 24.6. The Labute approximate surface area is 196 Å². The van der Waals surface area contributed by atoms with Crippen molar-refractivity contribution >= 4 is 16.7 Å². The van der Waals surface area contributed by atoms with Crippen LogP contribution in [0.4, 0.5) is 19.0 Å². The second kappa shape index (κ2) is 8.53. The number of benzene rings is 2. The molecule has 180 valence electrons. The lowest BCUT2D eigenvalue weighted by Crippen LogP contribution is -2.31. The van der Waals surface area contributed by atoms with Gasteiger partial charge in [0, 0.05) is 11.6 Å². The van der Waals surface area contributed by atoms with Crippen molar-refractivity contribution < 1.29 is 22.6 Å². The van der Waals surface area contributed by atoms with Gasteiger partial charge >= 0.3 is 12.4 Å². The maximum atomic E-state index is 13.2. The van der Waals surface area contributed by atoms with Crippen molar-refractivity contribution in [3.8, 4) is 22.9 Å². The van der Waals surface area contributed by atoms with Crippen molar-refractivity contribution in [1.82, 2.24) is 25.0 Å². The number of anilines is 1. The summed E-state index contributed by atoms with van der Waals surface area (Å²) in [6.07, 6.45) is -1.58. The van der Waals surface area contributed by atoms with Crippen LogP contribution in [0.25, 0.3) is 22.0 Å². The maximum absolute atomic E-state index is 13.2. The van der Waals surface area contributed by atoms with E-state index in [1.807, 2.05) is 0 Å². The minimum atomic E-state index is -4.76. The molecule has 0 radical (unpaired) electrons. The molecule has 2 aromatic carbocycles. The quantitative estimate of drug-likeness (QED) is 0.423. The highest BCUT2D eigenvalue weighted by Crippen LogP contribution is 2.47. The van der Waals surface area contributed by atoms with Crippen LogP contribution in [0.3, 0.4) is 0 Å². The van der Waals surface area contributed by atoms with Gasteiger partial charge in [-0.2, -0.15) is 4.98 Å². The average Bonchev–Trinajstić information content (AvgIpc) is 3.59. The third-order valence-electron chi connectivity index (χ3n) is 5.75. The Morgan fingerprint density at radius 2 is 1.80 bits per heavy atom. The SMILES string of the molecule is Nc1ccnc(OCC2(Cn3nnc4ccc(-c5ccc(OC(F)(F)F)cc5)cc4c3=O)CC2)n1. The second-order valence-corrected chi connectivity index (χ2v) is 8.41. The van der Waals surface area contributed by atoms with Gasteiger partial charge in [0.05, 0.1) is 18.5 Å². The Bertz CT molecular complexity index is 1440. The molecule has 9 nitrogen and oxygen atoms in total. The molecule has 0 amide bonds. The summed E-state index contributed by atoms with van der Waals surface area (Å²) >= 11 is 0. The van der Waals surface area contributed by atoms with Gasteiger partial charge < -0.3 is 15.2 Å². The molecule has 1 fully saturated rings. The minimum absolute atomic E-state index is 0.171. The summed E-state index contributed by atoms with van der Waals surface area (Å²) in [6, 6.07) is 12.2. The Kier molecular flexibility index (Phi) is 5.50. The van der Waals surface area contributed by atoms with Gasteiger partial charge in [0.25, 0.3) is 5.56 Å². The lowest BCUT2D eigenvalue weighted by Gasteiger charge is -2.16. The topological polar surface area (TPSA) is 118 Å². The number of ether oxygens (including phenoxy) is 2. The van der Waals surface area contributed by atoms with Gasteiger partial charge in [0.2, 0.25) is 0 Å². The summed E-state index contributed by atoms with van der Waals surface area (Å²) in [7, 11) is 0. The summed E-state index contributed by atoms with van der Waals surface area (Å²) in [5.41, 5.74) is 6.74. The van der Waals surface area contributed by atoms with Gasteiger partial charge in [-0.05, 0) is 54.3 Å². The fraction of sp³-hybridized carbons (Fsp3) is 0.261. The molecule has 1 saturated carbocycles. The van der Waals surface area contributed by atoms with Crippen LogP contribution < -0.4 is 20.8 Å². The Morgan fingerprint density at radius 3 is 2.49 bits per heavy atom. The standard InChI is InChI=1S/C23H19F3N6O3/c24-23(25,26)35-16-4-1-14(2-5-16)15-3-6-18-17(11-15)20(33)32(31-30-18)12-22(8-9-22)13-34-21-28-10-7-19(27)29-21/h1-7,10-11H,8-9,12-13H2,(H2,27,28,29). The molecule has 35 heavy (non-hydrogen) atoms. The van der Waals surface area contributed by atoms with E-state index in [2.05, 4.69) is 25.0 Å². The molecule has 0 bridgehead atoms. The van der Waals surface area contributed by atoms with Gasteiger partial charge in [-0.3, -0.25) is 4.79 Å². The van der Waals surface area contributed by atoms with Crippen molar-refractivity contribution in [3.63, 3.8) is 0 Å². The van der Waals surface area contributed by atoms with Crippen LogP contribution in [0.5, 0.6) is 11.8 Å². The summed E-state index contributed by atoms with van der Waals surface area (Å²) in [5, 5.41) is 8.58. The molecule has 1 aliphatic carbocycles. The molecule has 5 rings (SSSR count). The first-order valence-electron chi connectivity index (χ1n) is 10.6. The molecule has 0 unspecified atom stereocenters. The number of alkyl halides is 3. The molecule has 2 N–H and O–H groups in total. The molecular formula is C23H19F3N6O3. The number of rotatable bonds is 7. The number of hydrogen-bond donors (Lipinski definition) is 1. The molecule has 4 aromatic rings. The van der Waals surface area contributed by atoms with Gasteiger partial charge in [-0.1, -0.05) is 23.4 Å². The summed E-state index contributed by atoms with van der Waals surface area (Å²) < 4.78 is 48.1. The van der Waals surface area contributed by atoms with Crippen molar-refractivity contribution in [1.29, 1.82) is 0 Å². The van der Waals surface area contributed by atoms with E-state index < -0.39 is 6.36 Å². The van der Waals surface area contributed by atoms with E-state index in [9.17, 15) is 18.0 Å². The van der Waals surface area contributed by atoms with Crippen LogP contribution in [-0.2, 0) is 6.54 Å². The summed E-state index contributed by atoms with van der Waals surface area (Å²) in [5.74, 6) is -0.0226. The number of nitrogens with two attached hydrogens (primary N) is 1. The van der Waals surface area contributed by atoms with E-state index in [1.54, 1.807) is 24.3 Å². The number of nitrogens with zero attached hydrogens (tertiary/aromatic N) is 5. The Hall–Kier alpha value is -4.22. The smallest absolute Gasteiger partial charge is 0.463 e. The predicted molar refractivity (Wildman–Crippen MR) is 120 cm³/mol. The number of aromatic nitrogens is 5. The molecule has 2 heterocycles. The fourth-order valence-corrected chi connectivity index (χ4v) is 3.69. The lowest BCUT2D eigenvalue weighted by molar-refractivity contribution is -0.274. The summed E-state index contributed by atoms with van der Waals surface area (Å²) in [6.45, 7) is 0.611. The molecule has 0 saturated heterocycles. The molecule has 1 aliphatic rings. The van der Waals surface area contributed by atoms with Crippen molar-refractivity contribution in [2.45, 2.75) is 25.7 Å². The van der Waals surface area contributed by atoms with Crippen molar-refractivity contribution in [3.05, 3.63) is 65.1 Å². The largest absolute Gasteiger partial charge is 0.573 e. The molecule has 0 aliphatic heterocycles. The highest BCUT2D eigenvalue weighted by Gasteiger charge is 2.45. The van der Waals surface area contributed by atoms with Gasteiger partial charge in [0.1, 0.15) is 17.1 Å². The fourth-order valence-electron chi connectivity index (χ4n) is 3.69. The molecule has 2 aromatic heterocycles. The van der Waals surface area contributed by atoms with Gasteiger partial charge in [0.15, 0.2) is 0 Å². The van der Waals surface area contributed by atoms with E-state index in [0.717, 1.165) is 12.8 Å². The number of halogens is 3. The van der Waals surface area contributed by atoms with Crippen LogP contribution in [0.1, 0.15) is 12.8 Å². The number of hydrogen-bond acceptors (Lipinski definition) is 8. The van der Waals surface area contributed by atoms with Gasteiger partial charge in [-0.15, -0.1) is 18.3 Å². The van der Waals surface area contributed by atoms with E-state index in [1.165, 1.54) is 35.1 Å². The lowest BCUT2D eigenvalue weighted by atomic mass is 10.0. The van der Waals surface area contributed by atoms with Crippen molar-refractivity contribution in [2.24, 2.45) is 5.41 Å². The van der Waals surface area contributed by atoms with Gasteiger partial charge in [-0.25, -0.2) is 9.67 Å².